The Morgan fingerprint density at radius 2 is 1.90 bits per heavy atom. The first kappa shape index (κ1) is 13.8. The largest absolute Gasteiger partial charge is 0.355 e. The summed E-state index contributed by atoms with van der Waals surface area (Å²) in [4.78, 5) is 11.4. The van der Waals surface area contributed by atoms with Gasteiger partial charge in [-0.2, -0.15) is 0 Å². The number of nitrogens with zero attached hydrogens (tertiary/aromatic N) is 3. The number of hydrogen-bond acceptors (Lipinski definition) is 4. The molecule has 1 aromatic heterocycles. The number of anilines is 1. The maximum Gasteiger partial charge on any atom is 0.132 e. The van der Waals surface area contributed by atoms with Crippen LogP contribution >= 0.6 is 0 Å². The van der Waals surface area contributed by atoms with Crippen LogP contribution in [0.15, 0.2) is 12.4 Å². The van der Waals surface area contributed by atoms with Crippen LogP contribution in [0.25, 0.3) is 0 Å². The highest BCUT2D eigenvalue weighted by atomic mass is 15.2. The first-order chi connectivity index (χ1) is 9.38. The highest BCUT2D eigenvalue weighted by Gasteiger charge is 2.65. The van der Waals surface area contributed by atoms with Gasteiger partial charge in [-0.15, -0.1) is 0 Å². The van der Waals surface area contributed by atoms with Crippen LogP contribution in [0.5, 0.6) is 0 Å². The normalized spacial score (nSPS) is 27.9. The van der Waals surface area contributed by atoms with Gasteiger partial charge < -0.3 is 10.2 Å². The van der Waals surface area contributed by atoms with Crippen molar-refractivity contribution < 1.29 is 0 Å². The van der Waals surface area contributed by atoms with Crippen LogP contribution in [0.3, 0.4) is 0 Å². The van der Waals surface area contributed by atoms with Crippen LogP contribution in [-0.2, 0) is 0 Å². The summed E-state index contributed by atoms with van der Waals surface area (Å²) >= 11 is 0. The second-order valence-corrected chi connectivity index (χ2v) is 7.40. The molecule has 4 nitrogen and oxygen atoms in total. The Balaban J connectivity index is 1.82. The topological polar surface area (TPSA) is 41.0 Å². The summed E-state index contributed by atoms with van der Waals surface area (Å²) in [7, 11) is 2.04. The standard InChI is InChI=1S/C16H26N4/c1-15(2)14(16(15,3)4)12-8-13(19-10-18-12)20-7-6-11(9-20)17-5/h8,10-11,14,17H,6-7,9H2,1-5H3/t11-/m1/s1. The molecule has 20 heavy (non-hydrogen) atoms. The molecule has 0 amide bonds. The van der Waals surface area contributed by atoms with Gasteiger partial charge >= 0.3 is 0 Å². The van der Waals surface area contributed by atoms with Crippen LogP contribution in [0.4, 0.5) is 5.82 Å². The molecular weight excluding hydrogens is 248 g/mol. The molecule has 1 atom stereocenters. The molecule has 1 saturated heterocycles. The molecule has 1 N–H and O–H groups in total. The highest BCUT2D eigenvalue weighted by molar-refractivity contribution is 5.44. The molecule has 2 fully saturated rings. The molecule has 0 aromatic carbocycles. The van der Waals surface area contributed by atoms with Gasteiger partial charge in [0.15, 0.2) is 0 Å². The van der Waals surface area contributed by atoms with Gasteiger partial charge in [0.05, 0.1) is 5.69 Å². The van der Waals surface area contributed by atoms with E-state index in [2.05, 4.69) is 53.9 Å². The molecule has 0 unspecified atom stereocenters. The predicted molar refractivity (Wildman–Crippen MR) is 82.0 cm³/mol. The lowest BCUT2D eigenvalue weighted by molar-refractivity contribution is 0.457. The van der Waals surface area contributed by atoms with Gasteiger partial charge in [-0.25, -0.2) is 9.97 Å². The van der Waals surface area contributed by atoms with E-state index in [-0.39, 0.29) is 0 Å². The lowest BCUT2D eigenvalue weighted by Gasteiger charge is -2.18. The average Bonchev–Trinajstić information content (AvgIpc) is 2.76. The summed E-state index contributed by atoms with van der Waals surface area (Å²) in [6.45, 7) is 11.5. The van der Waals surface area contributed by atoms with Crippen LogP contribution in [0.1, 0.15) is 45.7 Å². The first-order valence-electron chi connectivity index (χ1n) is 7.62. The predicted octanol–water partition coefficient (Wildman–Crippen LogP) is 2.42. The van der Waals surface area contributed by atoms with E-state index in [0.717, 1.165) is 18.9 Å². The summed E-state index contributed by atoms with van der Waals surface area (Å²) in [6, 6.07) is 2.79. The van der Waals surface area contributed by atoms with Crippen LogP contribution in [0, 0.1) is 10.8 Å². The van der Waals surface area contributed by atoms with E-state index in [1.807, 2.05) is 7.05 Å². The summed E-state index contributed by atoms with van der Waals surface area (Å²) in [5.41, 5.74) is 1.87. The molecule has 1 aliphatic carbocycles. The van der Waals surface area contributed by atoms with Crippen molar-refractivity contribution in [1.29, 1.82) is 0 Å². The fraction of sp³-hybridized carbons (Fsp3) is 0.750. The van der Waals surface area contributed by atoms with E-state index in [1.165, 1.54) is 12.1 Å². The van der Waals surface area contributed by atoms with Gasteiger partial charge in [0, 0.05) is 31.1 Å². The van der Waals surface area contributed by atoms with Crippen molar-refractivity contribution in [2.45, 2.75) is 46.1 Å². The lowest BCUT2D eigenvalue weighted by atomic mass is 10.0. The molecule has 0 bridgehead atoms. The van der Waals surface area contributed by atoms with Crippen LogP contribution in [-0.4, -0.2) is 36.1 Å². The zero-order valence-electron chi connectivity index (χ0n) is 13.3. The zero-order chi connectivity index (χ0) is 14.5. The maximum atomic E-state index is 4.55. The number of aromatic nitrogens is 2. The third kappa shape index (κ3) is 1.93. The zero-order valence-corrected chi connectivity index (χ0v) is 13.3. The lowest BCUT2D eigenvalue weighted by Crippen LogP contribution is -2.29. The Hall–Kier alpha value is -1.16. The fourth-order valence-corrected chi connectivity index (χ4v) is 3.83. The van der Waals surface area contributed by atoms with Gasteiger partial charge in [0.1, 0.15) is 12.1 Å². The molecule has 4 heteroatoms. The summed E-state index contributed by atoms with van der Waals surface area (Å²) in [6.07, 6.45) is 2.93. The molecule has 3 rings (SSSR count). The molecule has 0 radical (unpaired) electrons. The molecular formula is C16H26N4. The fourth-order valence-electron chi connectivity index (χ4n) is 3.83. The SMILES string of the molecule is CN[C@@H]1CCN(c2cc(C3C(C)(C)C3(C)C)ncn2)C1. The molecule has 2 heterocycles. The van der Waals surface area contributed by atoms with E-state index >= 15 is 0 Å². The average molecular weight is 274 g/mol. The summed E-state index contributed by atoms with van der Waals surface area (Å²) in [5, 5.41) is 3.35. The van der Waals surface area contributed by atoms with Gasteiger partial charge in [-0.3, -0.25) is 0 Å². The summed E-state index contributed by atoms with van der Waals surface area (Å²) < 4.78 is 0. The molecule has 1 saturated carbocycles. The Morgan fingerprint density at radius 1 is 1.20 bits per heavy atom. The third-order valence-corrected chi connectivity index (χ3v) is 5.91. The minimum atomic E-state index is 0.330. The van der Waals surface area contributed by atoms with Gasteiger partial charge in [-0.05, 0) is 24.3 Å². The quantitative estimate of drug-likeness (QED) is 0.919. The third-order valence-electron chi connectivity index (χ3n) is 5.91. The Morgan fingerprint density at radius 3 is 2.45 bits per heavy atom. The van der Waals surface area contributed by atoms with Crippen molar-refractivity contribution >= 4 is 5.82 Å². The van der Waals surface area contributed by atoms with Crippen LogP contribution < -0.4 is 10.2 Å². The van der Waals surface area contributed by atoms with Gasteiger partial charge in [0.2, 0.25) is 0 Å². The molecule has 110 valence electrons. The smallest absolute Gasteiger partial charge is 0.132 e. The number of hydrogen-bond donors (Lipinski definition) is 1. The molecule has 1 aliphatic heterocycles. The maximum absolute atomic E-state index is 4.55. The van der Waals surface area contributed by atoms with E-state index in [9.17, 15) is 0 Å². The second kappa shape index (κ2) is 4.42. The number of nitrogens with one attached hydrogen (secondary N) is 1. The Kier molecular flexibility index (Phi) is 3.05. The van der Waals surface area contributed by atoms with Crippen LogP contribution in [0.2, 0.25) is 0 Å². The Bertz CT molecular complexity index is 495. The molecule has 1 aromatic rings. The van der Waals surface area contributed by atoms with Crippen molar-refractivity contribution in [3.63, 3.8) is 0 Å². The van der Waals surface area contributed by atoms with E-state index in [1.54, 1.807) is 6.33 Å². The second-order valence-electron chi connectivity index (χ2n) is 7.40. The van der Waals surface area contributed by atoms with Crippen molar-refractivity contribution in [3.8, 4) is 0 Å². The monoisotopic (exact) mass is 274 g/mol. The van der Waals surface area contributed by atoms with Gasteiger partial charge in [0.25, 0.3) is 0 Å². The summed E-state index contributed by atoms with van der Waals surface area (Å²) in [5.74, 6) is 1.63. The first-order valence-corrected chi connectivity index (χ1v) is 7.62. The Labute approximate surface area is 122 Å². The minimum Gasteiger partial charge on any atom is -0.355 e. The van der Waals surface area contributed by atoms with E-state index in [0.29, 0.717) is 22.8 Å². The molecule has 0 spiro atoms. The highest BCUT2D eigenvalue weighted by Crippen LogP contribution is 2.73. The van der Waals surface area contributed by atoms with Crippen molar-refractivity contribution in [1.82, 2.24) is 15.3 Å². The number of likely N-dealkylation sites (N-methyl/N-ethyl adjacent to an activating group) is 1. The van der Waals surface area contributed by atoms with E-state index < -0.39 is 0 Å². The number of rotatable bonds is 3. The van der Waals surface area contributed by atoms with Gasteiger partial charge in [-0.1, -0.05) is 27.7 Å². The van der Waals surface area contributed by atoms with Crippen molar-refractivity contribution in [2.24, 2.45) is 10.8 Å². The minimum absolute atomic E-state index is 0.330. The molecule has 2 aliphatic rings. The van der Waals surface area contributed by atoms with Crippen molar-refractivity contribution in [3.05, 3.63) is 18.1 Å². The van der Waals surface area contributed by atoms with Crippen molar-refractivity contribution in [2.75, 3.05) is 25.0 Å². The van der Waals surface area contributed by atoms with E-state index in [4.69, 9.17) is 0 Å².